The van der Waals surface area contributed by atoms with Crippen molar-refractivity contribution in [2.75, 3.05) is 5.73 Å². The molecule has 0 spiro atoms. The molecular formula is C11H11N5O. The number of benzene rings is 1. The molecule has 2 aromatic heterocycles. The largest absolute Gasteiger partial charge is 0.383 e. The van der Waals surface area contributed by atoms with E-state index in [0.29, 0.717) is 5.82 Å². The van der Waals surface area contributed by atoms with Crippen LogP contribution in [0, 0.1) is 0 Å². The van der Waals surface area contributed by atoms with E-state index >= 15 is 0 Å². The van der Waals surface area contributed by atoms with Gasteiger partial charge in [-0.1, -0.05) is 6.07 Å². The molecule has 3 rings (SSSR count). The molecule has 6 nitrogen and oxygen atoms in total. The lowest BCUT2D eigenvalue weighted by atomic mass is 10.1. The normalized spacial score (nSPS) is 11.1. The van der Waals surface area contributed by atoms with Gasteiger partial charge in [0.15, 0.2) is 0 Å². The minimum absolute atomic E-state index is 0.212. The number of hydrogen-bond donors (Lipinski definition) is 3. The van der Waals surface area contributed by atoms with Crippen LogP contribution in [0.3, 0.4) is 0 Å². The number of aromatic amines is 2. The van der Waals surface area contributed by atoms with Gasteiger partial charge in [0.05, 0.1) is 17.2 Å². The number of rotatable bonds is 1. The molecule has 1 aromatic carbocycles. The Balaban J connectivity index is 2.24. The summed E-state index contributed by atoms with van der Waals surface area (Å²) in [5.41, 5.74) is 9.02. The average molecular weight is 229 g/mol. The van der Waals surface area contributed by atoms with Gasteiger partial charge >= 0.3 is 5.69 Å². The smallest absolute Gasteiger partial charge is 0.323 e. The van der Waals surface area contributed by atoms with Crippen LogP contribution in [0.25, 0.3) is 22.2 Å². The summed E-state index contributed by atoms with van der Waals surface area (Å²) >= 11 is 0. The molecule has 0 fully saturated rings. The fourth-order valence-electron chi connectivity index (χ4n) is 1.87. The third kappa shape index (κ3) is 1.42. The number of nitrogens with one attached hydrogen (secondary N) is 2. The molecule has 0 radical (unpaired) electrons. The molecule has 2 heterocycles. The molecule has 86 valence electrons. The predicted octanol–water partition coefficient (Wildman–Crippen LogP) is 0.839. The van der Waals surface area contributed by atoms with Crippen molar-refractivity contribution < 1.29 is 0 Å². The predicted molar refractivity (Wildman–Crippen MR) is 65.5 cm³/mol. The highest BCUT2D eigenvalue weighted by Gasteiger charge is 2.08. The first-order valence-electron chi connectivity index (χ1n) is 5.15. The first kappa shape index (κ1) is 9.71. The Morgan fingerprint density at radius 3 is 2.76 bits per heavy atom. The number of fused-ring (bicyclic) bond motifs is 1. The molecule has 0 bridgehead atoms. The molecular weight excluding hydrogens is 218 g/mol. The Hall–Kier alpha value is -2.50. The molecule has 0 aliphatic carbocycles. The van der Waals surface area contributed by atoms with Gasteiger partial charge in [0.1, 0.15) is 5.82 Å². The number of H-pyrrole nitrogens is 2. The summed E-state index contributed by atoms with van der Waals surface area (Å²) in [5, 5.41) is 4.09. The lowest BCUT2D eigenvalue weighted by Gasteiger charge is -2.00. The number of aryl methyl sites for hydroxylation is 1. The molecule has 6 heteroatoms. The van der Waals surface area contributed by atoms with Crippen LogP contribution in [0.2, 0.25) is 0 Å². The summed E-state index contributed by atoms with van der Waals surface area (Å²) in [6.45, 7) is 0. The van der Waals surface area contributed by atoms with Crippen LogP contribution in [-0.2, 0) is 7.05 Å². The monoisotopic (exact) mass is 229 g/mol. The van der Waals surface area contributed by atoms with Crippen molar-refractivity contribution in [1.82, 2.24) is 19.7 Å². The van der Waals surface area contributed by atoms with E-state index in [1.807, 2.05) is 18.2 Å². The summed E-state index contributed by atoms with van der Waals surface area (Å²) < 4.78 is 1.61. The van der Waals surface area contributed by atoms with Crippen LogP contribution in [0.4, 0.5) is 5.82 Å². The SMILES string of the molecule is Cn1ncc(-c2ccc3[nH]c(=O)[nH]c3c2)c1N. The van der Waals surface area contributed by atoms with Crippen molar-refractivity contribution in [1.29, 1.82) is 0 Å². The standard InChI is InChI=1S/C11H11N5O/c1-16-10(12)7(5-13-16)6-2-3-8-9(4-6)15-11(17)14-8/h2-5H,12H2,1H3,(H2,14,15,17). The van der Waals surface area contributed by atoms with Gasteiger partial charge in [-0.2, -0.15) is 5.10 Å². The number of hydrogen-bond acceptors (Lipinski definition) is 3. The molecule has 0 amide bonds. The number of anilines is 1. The zero-order valence-corrected chi connectivity index (χ0v) is 9.19. The lowest BCUT2D eigenvalue weighted by Crippen LogP contribution is -1.99. The van der Waals surface area contributed by atoms with Crippen molar-refractivity contribution in [3.63, 3.8) is 0 Å². The van der Waals surface area contributed by atoms with E-state index in [2.05, 4.69) is 15.1 Å². The van der Waals surface area contributed by atoms with Crippen LogP contribution in [-0.4, -0.2) is 19.7 Å². The number of aromatic nitrogens is 4. The first-order chi connectivity index (χ1) is 8.15. The number of nitrogens with zero attached hydrogens (tertiary/aromatic N) is 2. The van der Waals surface area contributed by atoms with E-state index in [1.165, 1.54) is 0 Å². The highest BCUT2D eigenvalue weighted by molar-refractivity contribution is 5.84. The van der Waals surface area contributed by atoms with E-state index in [9.17, 15) is 4.79 Å². The van der Waals surface area contributed by atoms with Gasteiger partial charge in [-0.3, -0.25) is 4.68 Å². The molecule has 17 heavy (non-hydrogen) atoms. The lowest BCUT2D eigenvalue weighted by molar-refractivity contribution is 0.779. The van der Waals surface area contributed by atoms with Gasteiger partial charge in [-0.25, -0.2) is 4.79 Å². The van der Waals surface area contributed by atoms with Crippen LogP contribution >= 0.6 is 0 Å². The van der Waals surface area contributed by atoms with Crippen LogP contribution in [0.15, 0.2) is 29.2 Å². The third-order valence-electron chi connectivity index (χ3n) is 2.81. The Morgan fingerprint density at radius 2 is 2.06 bits per heavy atom. The molecule has 0 aliphatic rings. The minimum Gasteiger partial charge on any atom is -0.383 e. The maximum atomic E-state index is 11.2. The average Bonchev–Trinajstić information content (AvgIpc) is 2.81. The summed E-state index contributed by atoms with van der Waals surface area (Å²) in [6, 6.07) is 5.62. The first-order valence-corrected chi connectivity index (χ1v) is 5.15. The molecule has 0 saturated heterocycles. The van der Waals surface area contributed by atoms with Crippen molar-refractivity contribution in [3.8, 4) is 11.1 Å². The van der Waals surface area contributed by atoms with Crippen LogP contribution < -0.4 is 11.4 Å². The summed E-state index contributed by atoms with van der Waals surface area (Å²) in [7, 11) is 1.79. The molecule has 0 saturated carbocycles. The van der Waals surface area contributed by atoms with Gasteiger partial charge < -0.3 is 15.7 Å². The molecule has 0 aliphatic heterocycles. The zero-order valence-electron chi connectivity index (χ0n) is 9.19. The fraction of sp³-hybridized carbons (Fsp3) is 0.0909. The van der Waals surface area contributed by atoms with E-state index < -0.39 is 0 Å². The van der Waals surface area contributed by atoms with Crippen molar-refractivity contribution in [2.45, 2.75) is 0 Å². The van der Waals surface area contributed by atoms with E-state index in [1.54, 1.807) is 17.9 Å². The second-order valence-corrected chi connectivity index (χ2v) is 3.91. The third-order valence-corrected chi connectivity index (χ3v) is 2.81. The fourth-order valence-corrected chi connectivity index (χ4v) is 1.87. The molecule has 0 atom stereocenters. The Bertz CT molecular complexity index is 749. The van der Waals surface area contributed by atoms with Gasteiger partial charge in [-0.05, 0) is 17.7 Å². The number of imidazole rings is 1. The van der Waals surface area contributed by atoms with Crippen LogP contribution in [0.1, 0.15) is 0 Å². The quantitative estimate of drug-likeness (QED) is 0.577. The van der Waals surface area contributed by atoms with Gasteiger partial charge in [-0.15, -0.1) is 0 Å². The Kier molecular flexibility index (Phi) is 1.85. The van der Waals surface area contributed by atoms with E-state index in [-0.39, 0.29) is 5.69 Å². The maximum absolute atomic E-state index is 11.2. The van der Waals surface area contributed by atoms with Crippen molar-refractivity contribution in [2.24, 2.45) is 7.05 Å². The molecule has 4 N–H and O–H groups in total. The highest BCUT2D eigenvalue weighted by Crippen LogP contribution is 2.26. The van der Waals surface area contributed by atoms with Gasteiger partial charge in [0.25, 0.3) is 0 Å². The summed E-state index contributed by atoms with van der Waals surface area (Å²) in [6.07, 6.45) is 1.71. The molecule has 0 unspecified atom stereocenters. The van der Waals surface area contributed by atoms with E-state index in [0.717, 1.165) is 22.2 Å². The second-order valence-electron chi connectivity index (χ2n) is 3.91. The highest BCUT2D eigenvalue weighted by atomic mass is 16.1. The Morgan fingerprint density at radius 1 is 1.29 bits per heavy atom. The van der Waals surface area contributed by atoms with Gasteiger partial charge in [0.2, 0.25) is 0 Å². The van der Waals surface area contributed by atoms with Gasteiger partial charge in [0, 0.05) is 12.6 Å². The topological polar surface area (TPSA) is 92.5 Å². The Labute approximate surface area is 96.1 Å². The summed E-state index contributed by atoms with van der Waals surface area (Å²) in [5.74, 6) is 0.599. The second kappa shape index (κ2) is 3.24. The maximum Gasteiger partial charge on any atom is 0.323 e. The van der Waals surface area contributed by atoms with E-state index in [4.69, 9.17) is 5.73 Å². The minimum atomic E-state index is -0.212. The zero-order chi connectivity index (χ0) is 12.0. The molecule has 3 aromatic rings. The van der Waals surface area contributed by atoms with Crippen molar-refractivity contribution >= 4 is 16.9 Å². The van der Waals surface area contributed by atoms with Crippen molar-refractivity contribution in [3.05, 3.63) is 34.9 Å². The number of nitrogen functional groups attached to an aromatic ring is 1. The number of nitrogens with two attached hydrogens (primary N) is 1. The summed E-state index contributed by atoms with van der Waals surface area (Å²) in [4.78, 5) is 16.6. The van der Waals surface area contributed by atoms with Crippen LogP contribution in [0.5, 0.6) is 0 Å².